The summed E-state index contributed by atoms with van der Waals surface area (Å²) >= 11 is 1.55. The molecule has 0 aromatic carbocycles. The van der Waals surface area contributed by atoms with Crippen LogP contribution in [0.5, 0.6) is 0 Å². The zero-order valence-electron chi connectivity index (χ0n) is 22.1. The molecule has 0 spiro atoms. The third-order valence-corrected chi connectivity index (χ3v) is 9.44. The number of carbonyl (C=O) groups is 2. The van der Waals surface area contributed by atoms with Crippen LogP contribution in [0.2, 0.25) is 0 Å². The van der Waals surface area contributed by atoms with Crippen LogP contribution in [0.3, 0.4) is 0 Å². The second-order valence-electron chi connectivity index (χ2n) is 11.4. The molecule has 3 aliphatic rings. The lowest BCUT2D eigenvalue weighted by molar-refractivity contribution is -0.162. The first-order chi connectivity index (χ1) is 16.9. The molecule has 1 unspecified atom stereocenters. The van der Waals surface area contributed by atoms with Crippen molar-refractivity contribution in [2.24, 2.45) is 17.3 Å². The van der Waals surface area contributed by atoms with Gasteiger partial charge in [0.15, 0.2) is 0 Å². The summed E-state index contributed by atoms with van der Waals surface area (Å²) in [5.41, 5.74) is 0.141. The summed E-state index contributed by atoms with van der Waals surface area (Å²) in [6.45, 7) is 9.37. The van der Waals surface area contributed by atoms with Crippen LogP contribution in [-0.2, 0) is 19.1 Å². The second kappa shape index (κ2) is 10.3. The van der Waals surface area contributed by atoms with Crippen molar-refractivity contribution in [1.82, 2.24) is 10.3 Å². The molecule has 1 aromatic rings. The molecule has 3 N–H and O–H groups in total. The monoisotopic (exact) mass is 520 g/mol. The Morgan fingerprint density at radius 1 is 1.31 bits per heavy atom. The van der Waals surface area contributed by atoms with E-state index in [-0.39, 0.29) is 35.9 Å². The van der Waals surface area contributed by atoms with Gasteiger partial charge in [-0.05, 0) is 64.6 Å². The number of esters is 1. The maximum absolute atomic E-state index is 13.2. The largest absolute Gasteiger partial charge is 0.456 e. The first kappa shape index (κ1) is 27.4. The molecule has 3 heterocycles. The molecule has 4 rings (SSSR count). The summed E-state index contributed by atoms with van der Waals surface area (Å²) in [4.78, 5) is 30.9. The molecule has 0 radical (unpaired) electrons. The summed E-state index contributed by atoms with van der Waals surface area (Å²) in [6.07, 6.45) is 1.58. The van der Waals surface area contributed by atoms with E-state index >= 15 is 0 Å². The molecule has 8 nitrogen and oxygen atoms in total. The van der Waals surface area contributed by atoms with Crippen LogP contribution in [-0.4, -0.2) is 70.1 Å². The van der Waals surface area contributed by atoms with Crippen LogP contribution in [0.15, 0.2) is 11.0 Å². The number of nitrogens with zero attached hydrogens (tertiary/aromatic N) is 1. The van der Waals surface area contributed by atoms with E-state index in [4.69, 9.17) is 9.47 Å². The quantitative estimate of drug-likeness (QED) is 0.411. The Morgan fingerprint density at radius 2 is 2.03 bits per heavy atom. The number of hydrogen-bond donors (Lipinski definition) is 3. The van der Waals surface area contributed by atoms with E-state index in [2.05, 4.69) is 17.2 Å². The third-order valence-electron chi connectivity index (χ3n) is 8.65. The lowest BCUT2D eigenvalue weighted by atomic mass is 9.60. The highest BCUT2D eigenvalue weighted by Crippen LogP contribution is 2.48. The van der Waals surface area contributed by atoms with Crippen LogP contribution in [0.25, 0.3) is 6.08 Å². The molecule has 1 saturated carbocycles. The number of rotatable bonds is 3. The summed E-state index contributed by atoms with van der Waals surface area (Å²) in [7, 11) is 1.83. The summed E-state index contributed by atoms with van der Waals surface area (Å²) in [5, 5.41) is 28.2. The van der Waals surface area contributed by atoms with Gasteiger partial charge < -0.3 is 25.0 Å². The molecule has 2 bridgehead atoms. The fraction of sp³-hybridized carbons (Fsp3) is 0.741. The van der Waals surface area contributed by atoms with Crippen molar-refractivity contribution in [3.05, 3.63) is 21.7 Å². The lowest BCUT2D eigenvalue weighted by Crippen LogP contribution is -2.54. The zero-order chi connectivity index (χ0) is 26.4. The van der Waals surface area contributed by atoms with Crippen LogP contribution in [0.4, 0.5) is 0 Å². The van der Waals surface area contributed by atoms with E-state index in [1.54, 1.807) is 25.2 Å². The molecule has 0 amide bonds. The Labute approximate surface area is 217 Å². The Hall–Kier alpha value is -1.65. The third kappa shape index (κ3) is 5.18. The van der Waals surface area contributed by atoms with Crippen LogP contribution in [0, 0.1) is 24.2 Å². The number of nitrogens with one attached hydrogen (secondary N) is 1. The Bertz CT molecular complexity index is 1030. The average Bonchev–Trinajstić information content (AvgIpc) is 3.30. The van der Waals surface area contributed by atoms with E-state index in [0.717, 1.165) is 35.5 Å². The first-order valence-corrected chi connectivity index (χ1v) is 13.8. The van der Waals surface area contributed by atoms with Crippen molar-refractivity contribution in [2.75, 3.05) is 7.05 Å². The Morgan fingerprint density at radius 3 is 2.67 bits per heavy atom. The van der Waals surface area contributed by atoms with Crippen molar-refractivity contribution >= 4 is 29.2 Å². The van der Waals surface area contributed by atoms with Gasteiger partial charge in [-0.15, -0.1) is 11.3 Å². The zero-order valence-corrected chi connectivity index (χ0v) is 22.9. The van der Waals surface area contributed by atoms with Crippen LogP contribution < -0.4 is 5.32 Å². The maximum Gasteiger partial charge on any atom is 0.309 e. The Balaban J connectivity index is 1.66. The van der Waals surface area contributed by atoms with E-state index in [9.17, 15) is 19.8 Å². The SMILES string of the molecule is CNC1[C@@H](/C(C)=C/c2csc(C)n2)OC(=O)C[C@H](O)[C@]2(C)C[C@@H](CCC[C@@]3(C)O[C@@H]13)[C@H](O)[C@@H](C)C2=O. The van der Waals surface area contributed by atoms with Gasteiger partial charge in [0.1, 0.15) is 18.0 Å². The van der Waals surface area contributed by atoms with Gasteiger partial charge in [-0.25, -0.2) is 4.98 Å². The predicted octanol–water partition coefficient (Wildman–Crippen LogP) is 3.04. The number of carbonyl (C=O) groups excluding carboxylic acids is 2. The number of likely N-dealkylation sites (N-methyl/N-ethyl adjacent to an activating group) is 1. The van der Waals surface area contributed by atoms with E-state index in [0.29, 0.717) is 6.42 Å². The van der Waals surface area contributed by atoms with E-state index < -0.39 is 35.6 Å². The van der Waals surface area contributed by atoms with Gasteiger partial charge >= 0.3 is 5.97 Å². The van der Waals surface area contributed by atoms with Crippen LogP contribution in [0.1, 0.15) is 70.5 Å². The number of ether oxygens (including phenoxy) is 2. The number of hydrogen-bond acceptors (Lipinski definition) is 9. The fourth-order valence-corrected chi connectivity index (χ4v) is 6.86. The molecule has 1 aromatic heterocycles. The molecule has 2 aliphatic heterocycles. The highest BCUT2D eigenvalue weighted by atomic mass is 32.1. The number of fused-ring (bicyclic) bond motifs is 3. The normalized spacial score (nSPS) is 42.3. The van der Waals surface area contributed by atoms with Gasteiger partial charge in [0.05, 0.1) is 46.4 Å². The van der Waals surface area contributed by atoms with Gasteiger partial charge in [0, 0.05) is 11.3 Å². The second-order valence-corrected chi connectivity index (χ2v) is 12.5. The van der Waals surface area contributed by atoms with Crippen molar-refractivity contribution in [1.29, 1.82) is 0 Å². The minimum absolute atomic E-state index is 0.128. The number of cyclic esters (lactones) is 1. The molecule has 9 atom stereocenters. The van der Waals surface area contributed by atoms with E-state index in [1.165, 1.54) is 0 Å². The average molecular weight is 521 g/mol. The molecule has 200 valence electrons. The standard InChI is InChI=1S/C27H40N2O6S/c1-14(10-18-13-36-16(3)29-18)23-21(28-6)25-27(5,35-25)9-7-8-17-12-26(4,19(30)11-20(31)34-23)24(33)15(2)22(17)32/h10,13,15,17,19,21-23,25,28,30,32H,7-9,11-12H2,1-6H3/b14-10+/t15-,17-,19+,21?,22-,23-,25+,26+,27-/m1/s1. The number of aromatic nitrogens is 1. The molecular weight excluding hydrogens is 480 g/mol. The van der Waals surface area contributed by atoms with Gasteiger partial charge in [0.25, 0.3) is 0 Å². The van der Waals surface area contributed by atoms with E-state index in [1.807, 2.05) is 32.4 Å². The molecule has 36 heavy (non-hydrogen) atoms. The maximum atomic E-state index is 13.2. The molecule has 9 heteroatoms. The number of aryl methyl sites for hydroxylation is 1. The summed E-state index contributed by atoms with van der Waals surface area (Å²) in [6, 6.07) is -0.294. The van der Waals surface area contributed by atoms with Crippen molar-refractivity contribution in [3.63, 3.8) is 0 Å². The smallest absolute Gasteiger partial charge is 0.309 e. The number of Topliss-reactive ketones (excluding diaryl/α,β-unsaturated/α-hetero) is 1. The van der Waals surface area contributed by atoms with Gasteiger partial charge in [-0.3, -0.25) is 9.59 Å². The molecular formula is C27H40N2O6S. The minimum Gasteiger partial charge on any atom is -0.456 e. The van der Waals surface area contributed by atoms with Gasteiger partial charge in [-0.2, -0.15) is 0 Å². The highest BCUT2D eigenvalue weighted by molar-refractivity contribution is 7.09. The lowest BCUT2D eigenvalue weighted by Gasteiger charge is -2.45. The Kier molecular flexibility index (Phi) is 7.80. The van der Waals surface area contributed by atoms with Gasteiger partial charge in [0.2, 0.25) is 0 Å². The summed E-state index contributed by atoms with van der Waals surface area (Å²) in [5.74, 6) is -1.49. The highest BCUT2D eigenvalue weighted by Gasteiger charge is 2.58. The summed E-state index contributed by atoms with van der Waals surface area (Å²) < 4.78 is 12.2. The molecule has 2 saturated heterocycles. The number of ketones is 1. The van der Waals surface area contributed by atoms with Crippen LogP contribution >= 0.6 is 11.3 Å². The molecule has 1 aliphatic carbocycles. The number of thiazole rings is 1. The number of aliphatic hydroxyl groups excluding tert-OH is 2. The number of epoxide rings is 1. The predicted molar refractivity (Wildman–Crippen MR) is 137 cm³/mol. The van der Waals surface area contributed by atoms with Crippen molar-refractivity contribution in [2.45, 2.75) is 103 Å². The van der Waals surface area contributed by atoms with Crippen molar-refractivity contribution in [3.8, 4) is 0 Å². The topological polar surface area (TPSA) is 121 Å². The van der Waals surface area contributed by atoms with Gasteiger partial charge in [-0.1, -0.05) is 20.3 Å². The molecule has 3 fully saturated rings. The van der Waals surface area contributed by atoms with Crippen molar-refractivity contribution < 1.29 is 29.3 Å². The fourth-order valence-electron chi connectivity index (χ4n) is 6.29. The first-order valence-electron chi connectivity index (χ1n) is 12.9. The number of aliphatic hydroxyl groups is 2. The minimum atomic E-state index is -1.19.